The van der Waals surface area contributed by atoms with Crippen LogP contribution in [-0.2, 0) is 11.2 Å². The maximum atomic E-state index is 12.1. The SMILES string of the molecule is CCCCCc1ccc(C(C)=CC(=O)Nc2ccccc2O)cc1. The number of rotatable bonds is 7. The van der Waals surface area contributed by atoms with Gasteiger partial charge in [-0.3, -0.25) is 4.79 Å². The first-order chi connectivity index (χ1) is 11.6. The number of carbonyl (C=O) groups excluding carboxylic acids is 1. The topological polar surface area (TPSA) is 49.3 Å². The molecule has 0 aliphatic heterocycles. The summed E-state index contributed by atoms with van der Waals surface area (Å²) in [5, 5.41) is 12.4. The highest BCUT2D eigenvalue weighted by Crippen LogP contribution is 2.22. The van der Waals surface area contributed by atoms with Crippen molar-refractivity contribution in [3.8, 4) is 5.75 Å². The van der Waals surface area contributed by atoms with Crippen LogP contribution in [0, 0.1) is 0 Å². The molecule has 0 aliphatic carbocycles. The highest BCUT2D eigenvalue weighted by Gasteiger charge is 2.05. The van der Waals surface area contributed by atoms with E-state index in [4.69, 9.17) is 0 Å². The van der Waals surface area contributed by atoms with E-state index >= 15 is 0 Å². The van der Waals surface area contributed by atoms with E-state index in [-0.39, 0.29) is 11.7 Å². The lowest BCUT2D eigenvalue weighted by Crippen LogP contribution is -2.08. The quantitative estimate of drug-likeness (QED) is 0.420. The number of amides is 1. The lowest BCUT2D eigenvalue weighted by atomic mass is 10.0. The van der Waals surface area contributed by atoms with Crippen LogP contribution < -0.4 is 5.32 Å². The number of hydrogen-bond acceptors (Lipinski definition) is 2. The van der Waals surface area contributed by atoms with Crippen LogP contribution in [0.5, 0.6) is 5.75 Å². The highest BCUT2D eigenvalue weighted by atomic mass is 16.3. The molecular weight excluding hydrogens is 298 g/mol. The molecule has 0 spiro atoms. The van der Waals surface area contributed by atoms with Gasteiger partial charge in [-0.25, -0.2) is 0 Å². The molecule has 24 heavy (non-hydrogen) atoms. The van der Waals surface area contributed by atoms with Crippen LogP contribution in [0.25, 0.3) is 5.57 Å². The van der Waals surface area contributed by atoms with E-state index in [2.05, 4.69) is 36.5 Å². The molecule has 0 aromatic heterocycles. The third-order valence-electron chi connectivity index (χ3n) is 3.99. The number of carbonyl (C=O) groups is 1. The van der Waals surface area contributed by atoms with E-state index in [0.717, 1.165) is 17.6 Å². The van der Waals surface area contributed by atoms with E-state index in [1.807, 2.05) is 6.92 Å². The second-order valence-electron chi connectivity index (χ2n) is 5.99. The Kier molecular flexibility index (Phi) is 6.62. The number of hydrogen-bond donors (Lipinski definition) is 2. The Morgan fingerprint density at radius 3 is 2.46 bits per heavy atom. The van der Waals surface area contributed by atoms with Gasteiger partial charge in [0.15, 0.2) is 0 Å². The molecule has 0 radical (unpaired) electrons. The standard InChI is InChI=1S/C21H25NO2/c1-3-4-5-8-17-11-13-18(14-12-17)16(2)15-21(24)22-19-9-6-7-10-20(19)23/h6-7,9-15,23H,3-5,8H2,1-2H3,(H,22,24). The van der Waals surface area contributed by atoms with Crippen LogP contribution in [0.1, 0.15) is 44.2 Å². The van der Waals surface area contributed by atoms with Gasteiger partial charge in [0.25, 0.3) is 0 Å². The Morgan fingerprint density at radius 1 is 1.08 bits per heavy atom. The Hall–Kier alpha value is -2.55. The van der Waals surface area contributed by atoms with E-state index < -0.39 is 0 Å². The predicted octanol–water partition coefficient (Wildman–Crippen LogP) is 5.17. The van der Waals surface area contributed by atoms with Crippen molar-refractivity contribution in [3.05, 3.63) is 65.7 Å². The van der Waals surface area contributed by atoms with Crippen LogP contribution >= 0.6 is 0 Å². The molecule has 2 aromatic carbocycles. The van der Waals surface area contributed by atoms with Gasteiger partial charge in [-0.2, -0.15) is 0 Å². The van der Waals surface area contributed by atoms with Gasteiger partial charge in [0.1, 0.15) is 5.75 Å². The van der Waals surface area contributed by atoms with E-state index in [0.29, 0.717) is 5.69 Å². The molecule has 3 nitrogen and oxygen atoms in total. The Labute approximate surface area is 144 Å². The van der Waals surface area contributed by atoms with Crippen LogP contribution in [0.2, 0.25) is 0 Å². The van der Waals surface area contributed by atoms with Gasteiger partial charge in [0.05, 0.1) is 5.69 Å². The third kappa shape index (κ3) is 5.27. The van der Waals surface area contributed by atoms with Crippen molar-refractivity contribution >= 4 is 17.2 Å². The molecule has 2 N–H and O–H groups in total. The van der Waals surface area contributed by atoms with Gasteiger partial charge in [-0.15, -0.1) is 0 Å². The highest BCUT2D eigenvalue weighted by molar-refractivity contribution is 6.04. The Balaban J connectivity index is 1.99. The number of benzene rings is 2. The van der Waals surface area contributed by atoms with Crippen LogP contribution in [0.15, 0.2) is 54.6 Å². The fraction of sp³-hybridized carbons (Fsp3) is 0.286. The molecule has 0 saturated carbocycles. The average molecular weight is 323 g/mol. The minimum Gasteiger partial charge on any atom is -0.506 e. The molecular formula is C21H25NO2. The zero-order valence-electron chi connectivity index (χ0n) is 14.4. The molecule has 0 heterocycles. The van der Waals surface area contributed by atoms with Crippen LogP contribution in [0.4, 0.5) is 5.69 Å². The summed E-state index contributed by atoms with van der Waals surface area (Å²) in [7, 11) is 0. The van der Waals surface area contributed by atoms with Crippen LogP contribution in [-0.4, -0.2) is 11.0 Å². The molecule has 2 rings (SSSR count). The van der Waals surface area contributed by atoms with Gasteiger partial charge in [0.2, 0.25) is 5.91 Å². The van der Waals surface area contributed by atoms with Gasteiger partial charge in [-0.05, 0) is 48.6 Å². The van der Waals surface area contributed by atoms with Crippen LogP contribution in [0.3, 0.4) is 0 Å². The number of nitrogens with one attached hydrogen (secondary N) is 1. The number of phenolic OH excluding ortho intramolecular Hbond substituents is 1. The lowest BCUT2D eigenvalue weighted by Gasteiger charge is -2.07. The third-order valence-corrected chi connectivity index (χ3v) is 3.99. The smallest absolute Gasteiger partial charge is 0.248 e. The van der Waals surface area contributed by atoms with Gasteiger partial charge in [-0.1, -0.05) is 56.2 Å². The maximum Gasteiger partial charge on any atom is 0.248 e. The Bertz CT molecular complexity index is 702. The zero-order chi connectivity index (χ0) is 17.4. The van der Waals surface area contributed by atoms with Crippen molar-refractivity contribution in [1.82, 2.24) is 0 Å². The number of phenols is 1. The molecule has 1 amide bonds. The van der Waals surface area contributed by atoms with Gasteiger partial charge in [0, 0.05) is 6.08 Å². The number of aryl methyl sites for hydroxylation is 1. The van der Waals surface area contributed by atoms with E-state index in [9.17, 15) is 9.90 Å². The molecule has 0 fully saturated rings. The van der Waals surface area contributed by atoms with Crippen molar-refractivity contribution in [2.24, 2.45) is 0 Å². The monoisotopic (exact) mass is 323 g/mol. The Morgan fingerprint density at radius 2 is 1.79 bits per heavy atom. The van der Waals surface area contributed by atoms with Crippen molar-refractivity contribution in [2.45, 2.75) is 39.5 Å². The first kappa shape index (κ1) is 17.8. The lowest BCUT2D eigenvalue weighted by molar-refractivity contribution is -0.111. The van der Waals surface area contributed by atoms with E-state index in [1.54, 1.807) is 30.3 Å². The summed E-state index contributed by atoms with van der Waals surface area (Å²) < 4.78 is 0. The summed E-state index contributed by atoms with van der Waals surface area (Å²) >= 11 is 0. The maximum absolute atomic E-state index is 12.1. The first-order valence-corrected chi connectivity index (χ1v) is 8.46. The summed E-state index contributed by atoms with van der Waals surface area (Å²) in [4.78, 5) is 12.1. The zero-order valence-corrected chi connectivity index (χ0v) is 14.4. The largest absolute Gasteiger partial charge is 0.506 e. The summed E-state index contributed by atoms with van der Waals surface area (Å²) in [6.45, 7) is 4.12. The fourth-order valence-electron chi connectivity index (χ4n) is 2.54. The van der Waals surface area contributed by atoms with Gasteiger partial charge < -0.3 is 10.4 Å². The van der Waals surface area contributed by atoms with Crippen molar-refractivity contribution < 1.29 is 9.90 Å². The number of unbranched alkanes of at least 4 members (excludes halogenated alkanes) is 2. The summed E-state index contributed by atoms with van der Waals surface area (Å²) in [5.74, 6) is -0.186. The number of para-hydroxylation sites is 2. The fourth-order valence-corrected chi connectivity index (χ4v) is 2.54. The molecule has 0 saturated heterocycles. The summed E-state index contributed by atoms with van der Waals surface area (Å²) in [6.07, 6.45) is 6.36. The molecule has 0 atom stereocenters. The van der Waals surface area contributed by atoms with Crippen molar-refractivity contribution in [3.63, 3.8) is 0 Å². The molecule has 0 aliphatic rings. The molecule has 0 unspecified atom stereocenters. The predicted molar refractivity (Wildman–Crippen MR) is 100 cm³/mol. The molecule has 0 bridgehead atoms. The van der Waals surface area contributed by atoms with Crippen molar-refractivity contribution in [2.75, 3.05) is 5.32 Å². The normalized spacial score (nSPS) is 11.3. The molecule has 3 heteroatoms. The minimum atomic E-state index is -0.249. The van der Waals surface area contributed by atoms with Gasteiger partial charge >= 0.3 is 0 Å². The molecule has 2 aromatic rings. The number of anilines is 1. The summed E-state index contributed by atoms with van der Waals surface area (Å²) in [6, 6.07) is 15.1. The minimum absolute atomic E-state index is 0.0633. The number of aromatic hydroxyl groups is 1. The number of allylic oxidation sites excluding steroid dienone is 1. The van der Waals surface area contributed by atoms with E-state index in [1.165, 1.54) is 24.8 Å². The first-order valence-electron chi connectivity index (χ1n) is 8.46. The second-order valence-corrected chi connectivity index (χ2v) is 5.99. The second kappa shape index (κ2) is 8.92. The average Bonchev–Trinajstić information content (AvgIpc) is 2.58. The molecule has 126 valence electrons. The van der Waals surface area contributed by atoms with Crippen molar-refractivity contribution in [1.29, 1.82) is 0 Å². The summed E-state index contributed by atoms with van der Waals surface area (Å²) in [5.41, 5.74) is 3.67.